The molecular formula is C25H20N2O8S. The van der Waals surface area contributed by atoms with Crippen LogP contribution in [0.4, 0.5) is 5.69 Å². The first-order valence-corrected chi connectivity index (χ1v) is 12.1. The van der Waals surface area contributed by atoms with Gasteiger partial charge < -0.3 is 9.15 Å². The van der Waals surface area contributed by atoms with E-state index in [0.717, 1.165) is 5.56 Å². The maximum absolute atomic E-state index is 12.9. The van der Waals surface area contributed by atoms with Crippen molar-refractivity contribution in [3.05, 3.63) is 98.9 Å². The van der Waals surface area contributed by atoms with Gasteiger partial charge in [-0.05, 0) is 55.8 Å². The zero-order valence-electron chi connectivity index (χ0n) is 19.1. The van der Waals surface area contributed by atoms with Crippen LogP contribution in [0.15, 0.2) is 87.1 Å². The summed E-state index contributed by atoms with van der Waals surface area (Å²) in [7, 11) is -3.94. The van der Waals surface area contributed by atoms with E-state index in [9.17, 15) is 28.1 Å². The fraction of sp³-hybridized carbons (Fsp3) is 0.120. The summed E-state index contributed by atoms with van der Waals surface area (Å²) in [4.78, 5) is 35.7. The molecule has 0 aliphatic heterocycles. The summed E-state index contributed by atoms with van der Waals surface area (Å²) in [6.07, 6.45) is 1.22. The first-order valence-electron chi connectivity index (χ1n) is 10.7. The van der Waals surface area contributed by atoms with Crippen molar-refractivity contribution in [2.45, 2.75) is 24.8 Å². The average Bonchev–Trinajstić information content (AvgIpc) is 2.84. The van der Waals surface area contributed by atoms with Gasteiger partial charge in [-0.25, -0.2) is 13.2 Å². The molecule has 1 aromatic heterocycles. The molecule has 0 unspecified atom stereocenters. The third-order valence-electron chi connectivity index (χ3n) is 5.37. The molecule has 36 heavy (non-hydrogen) atoms. The van der Waals surface area contributed by atoms with Crippen LogP contribution in [0.25, 0.3) is 22.1 Å². The quantitative estimate of drug-likeness (QED) is 0.171. The van der Waals surface area contributed by atoms with Crippen LogP contribution in [0, 0.1) is 17.0 Å². The van der Waals surface area contributed by atoms with E-state index in [1.54, 1.807) is 12.1 Å². The molecule has 0 saturated heterocycles. The minimum atomic E-state index is -3.94. The normalized spacial score (nSPS) is 12.3. The van der Waals surface area contributed by atoms with Crippen molar-refractivity contribution in [1.82, 2.24) is 4.72 Å². The molecule has 0 aliphatic carbocycles. The highest BCUT2D eigenvalue weighted by molar-refractivity contribution is 7.89. The molecule has 1 N–H and O–H groups in total. The molecule has 11 heteroatoms. The summed E-state index contributed by atoms with van der Waals surface area (Å²) in [6, 6.07) is 14.6. The second kappa shape index (κ2) is 9.72. The fourth-order valence-corrected chi connectivity index (χ4v) is 4.60. The Bertz CT molecular complexity index is 1630. The molecule has 4 rings (SSSR count). The van der Waals surface area contributed by atoms with Crippen LogP contribution >= 0.6 is 0 Å². The lowest BCUT2D eigenvalue weighted by atomic mass is 10.1. The number of nitro benzene ring substituents is 1. The van der Waals surface area contributed by atoms with Crippen molar-refractivity contribution in [3.8, 4) is 16.9 Å². The number of nitro groups is 1. The predicted octanol–water partition coefficient (Wildman–Crippen LogP) is 3.95. The first-order chi connectivity index (χ1) is 17.0. The molecule has 0 radical (unpaired) electrons. The maximum Gasteiger partial charge on any atom is 0.329 e. The van der Waals surface area contributed by atoms with Crippen LogP contribution in [-0.2, 0) is 14.8 Å². The minimum absolute atomic E-state index is 0.0176. The summed E-state index contributed by atoms with van der Waals surface area (Å²) in [5, 5.41) is 11.0. The number of aryl methyl sites for hydroxylation is 1. The predicted molar refractivity (Wildman–Crippen MR) is 131 cm³/mol. The minimum Gasteiger partial charge on any atom is -0.463 e. The number of carbonyl (C=O) groups excluding carboxylic acids is 1. The molecule has 0 saturated carbocycles. The summed E-state index contributed by atoms with van der Waals surface area (Å²) < 4.78 is 38.2. The van der Waals surface area contributed by atoms with Crippen molar-refractivity contribution < 1.29 is 27.3 Å². The highest BCUT2D eigenvalue weighted by Crippen LogP contribution is 2.25. The number of nitrogens with zero attached hydrogens (tertiary/aromatic N) is 1. The monoisotopic (exact) mass is 508 g/mol. The molecule has 184 valence electrons. The van der Waals surface area contributed by atoms with Crippen molar-refractivity contribution in [2.75, 3.05) is 0 Å². The molecule has 0 amide bonds. The van der Waals surface area contributed by atoms with Crippen molar-refractivity contribution in [3.63, 3.8) is 0 Å². The van der Waals surface area contributed by atoms with Gasteiger partial charge in [-0.1, -0.05) is 17.7 Å². The Morgan fingerprint density at radius 3 is 2.36 bits per heavy atom. The lowest BCUT2D eigenvalue weighted by Crippen LogP contribution is -2.40. The van der Waals surface area contributed by atoms with Gasteiger partial charge in [-0.3, -0.25) is 14.9 Å². The van der Waals surface area contributed by atoms with E-state index < -0.39 is 27.0 Å². The Hall–Kier alpha value is -4.35. The van der Waals surface area contributed by atoms with Crippen LogP contribution in [0.2, 0.25) is 0 Å². The number of fused-ring (bicyclic) bond motifs is 1. The highest BCUT2D eigenvalue weighted by Gasteiger charge is 2.24. The van der Waals surface area contributed by atoms with Gasteiger partial charge in [0.05, 0.1) is 20.8 Å². The van der Waals surface area contributed by atoms with E-state index in [4.69, 9.17) is 9.15 Å². The van der Waals surface area contributed by atoms with Crippen LogP contribution in [-0.4, -0.2) is 25.4 Å². The van der Waals surface area contributed by atoms with Gasteiger partial charge >= 0.3 is 5.97 Å². The molecule has 1 atom stereocenters. The van der Waals surface area contributed by atoms with E-state index in [1.165, 1.54) is 67.8 Å². The van der Waals surface area contributed by atoms with E-state index >= 15 is 0 Å². The van der Waals surface area contributed by atoms with Gasteiger partial charge in [-0.15, -0.1) is 0 Å². The van der Waals surface area contributed by atoms with Crippen LogP contribution in [0.3, 0.4) is 0 Å². The third kappa shape index (κ3) is 5.16. The summed E-state index contributed by atoms with van der Waals surface area (Å²) in [5.41, 5.74) is 1.21. The molecule has 0 fully saturated rings. The fourth-order valence-electron chi connectivity index (χ4n) is 3.40. The number of hydrogen-bond acceptors (Lipinski definition) is 8. The Morgan fingerprint density at radius 1 is 1.06 bits per heavy atom. The Morgan fingerprint density at radius 2 is 1.72 bits per heavy atom. The summed E-state index contributed by atoms with van der Waals surface area (Å²) >= 11 is 0. The Labute approximate surface area is 205 Å². The second-order valence-corrected chi connectivity index (χ2v) is 9.73. The maximum atomic E-state index is 12.9. The lowest BCUT2D eigenvalue weighted by molar-refractivity contribution is -0.384. The number of ether oxygens (including phenoxy) is 1. The zero-order chi connectivity index (χ0) is 26.0. The van der Waals surface area contributed by atoms with Crippen LogP contribution in [0.5, 0.6) is 5.75 Å². The average molecular weight is 509 g/mol. The largest absolute Gasteiger partial charge is 0.463 e. The summed E-state index contributed by atoms with van der Waals surface area (Å²) in [5.74, 6) is -0.796. The third-order valence-corrected chi connectivity index (χ3v) is 6.93. The van der Waals surface area contributed by atoms with Gasteiger partial charge in [0, 0.05) is 18.2 Å². The van der Waals surface area contributed by atoms with E-state index in [0.29, 0.717) is 5.56 Å². The second-order valence-electron chi connectivity index (χ2n) is 8.02. The van der Waals surface area contributed by atoms with E-state index in [1.807, 2.05) is 6.92 Å². The number of hydrogen-bond donors (Lipinski definition) is 1. The smallest absolute Gasteiger partial charge is 0.329 e. The molecule has 3 aromatic carbocycles. The van der Waals surface area contributed by atoms with Gasteiger partial charge in [-0.2, -0.15) is 4.72 Å². The first kappa shape index (κ1) is 24.8. The number of rotatable bonds is 7. The SMILES string of the molecule is Cc1ccc(S(=O)(=O)N[C@@H](C)C(=O)Oc2ccc3c(=O)c(-c4ccc([N+](=O)[O-])cc4)coc3c2)cc1. The number of benzene rings is 3. The number of esters is 1. The topological polar surface area (TPSA) is 146 Å². The molecular weight excluding hydrogens is 488 g/mol. The molecule has 0 spiro atoms. The van der Waals surface area contributed by atoms with E-state index in [-0.39, 0.29) is 38.3 Å². The van der Waals surface area contributed by atoms with Crippen LogP contribution in [0.1, 0.15) is 12.5 Å². The Balaban J connectivity index is 1.52. The van der Waals surface area contributed by atoms with Gasteiger partial charge in [0.1, 0.15) is 23.6 Å². The molecule has 0 aliphatic rings. The standard InChI is InChI=1S/C25H20N2O8S/c1-15-3-10-20(11-4-15)36(32,33)26-16(2)25(29)35-19-9-12-21-23(13-19)34-14-22(24(21)28)17-5-7-18(8-6-17)27(30)31/h3-14,16,26H,1-2H3/t16-/m0/s1. The Kier molecular flexibility index (Phi) is 6.69. The van der Waals surface area contributed by atoms with Crippen molar-refractivity contribution in [1.29, 1.82) is 0 Å². The van der Waals surface area contributed by atoms with Crippen LogP contribution < -0.4 is 14.9 Å². The molecule has 10 nitrogen and oxygen atoms in total. The summed E-state index contributed by atoms with van der Waals surface area (Å²) in [6.45, 7) is 3.18. The number of nitrogens with one attached hydrogen (secondary N) is 1. The molecule has 1 heterocycles. The number of sulfonamides is 1. The highest BCUT2D eigenvalue weighted by atomic mass is 32.2. The van der Waals surface area contributed by atoms with Crippen molar-refractivity contribution in [2.24, 2.45) is 0 Å². The molecule has 4 aromatic rings. The van der Waals surface area contributed by atoms with Gasteiger partial charge in [0.25, 0.3) is 5.69 Å². The van der Waals surface area contributed by atoms with Gasteiger partial charge in [0.2, 0.25) is 10.0 Å². The van der Waals surface area contributed by atoms with Crippen molar-refractivity contribution >= 4 is 32.6 Å². The van der Waals surface area contributed by atoms with Gasteiger partial charge in [0.15, 0.2) is 5.43 Å². The molecule has 0 bridgehead atoms. The zero-order valence-corrected chi connectivity index (χ0v) is 19.9. The van der Waals surface area contributed by atoms with E-state index in [2.05, 4.69) is 4.72 Å². The lowest BCUT2D eigenvalue weighted by Gasteiger charge is -2.14. The number of non-ortho nitro benzene ring substituents is 1. The number of carbonyl (C=O) groups is 1.